The molecule has 0 atom stereocenters. The summed E-state index contributed by atoms with van der Waals surface area (Å²) in [4.78, 5) is 24.5. The third-order valence-corrected chi connectivity index (χ3v) is 5.09. The van der Waals surface area contributed by atoms with Gasteiger partial charge in [-0.05, 0) is 49.7 Å². The number of rotatable bonds is 15. The Morgan fingerprint density at radius 3 is 1.74 bits per heavy atom. The summed E-state index contributed by atoms with van der Waals surface area (Å²) < 4.78 is 0. The van der Waals surface area contributed by atoms with Crippen molar-refractivity contribution in [1.29, 1.82) is 0 Å². The number of nitrogens with two attached hydrogens (primary N) is 1. The van der Waals surface area contributed by atoms with Gasteiger partial charge in [0.1, 0.15) is 0 Å². The zero-order valence-corrected chi connectivity index (χ0v) is 29.1. The first-order valence-electron chi connectivity index (χ1n) is 13.2. The Balaban J connectivity index is -0.000000263. The number of aryl methyl sites for hydroxylation is 2. The number of isocyanates is 1. The molecule has 0 fully saturated rings. The summed E-state index contributed by atoms with van der Waals surface area (Å²) in [5.74, 6) is 0. The van der Waals surface area contributed by atoms with E-state index in [4.69, 9.17) is 5.73 Å². The number of carbonyl (C=O) groups is 1. The van der Waals surface area contributed by atoms with Crippen LogP contribution in [0.25, 0.3) is 0 Å². The third-order valence-electron chi connectivity index (χ3n) is 5.09. The molecule has 0 spiro atoms. The molecule has 0 bridgehead atoms. The zero-order chi connectivity index (χ0) is 26.5. The molecule has 0 saturated carbocycles. The van der Waals surface area contributed by atoms with E-state index in [0.717, 1.165) is 57.9 Å². The van der Waals surface area contributed by atoms with Crippen LogP contribution >= 0.6 is 0 Å². The van der Waals surface area contributed by atoms with Crippen molar-refractivity contribution in [3.8, 4) is 0 Å². The first-order valence-corrected chi connectivity index (χ1v) is 13.2. The van der Waals surface area contributed by atoms with Gasteiger partial charge in [-0.3, -0.25) is 11.3 Å². The van der Waals surface area contributed by atoms with Crippen molar-refractivity contribution in [2.45, 2.75) is 85.5 Å². The Kier molecular flexibility index (Phi) is 43.2. The molecule has 0 aliphatic heterocycles. The molecule has 0 aliphatic carbocycles. The van der Waals surface area contributed by atoms with Crippen LogP contribution in [0.3, 0.4) is 0 Å². The van der Waals surface area contributed by atoms with Crippen molar-refractivity contribution in [2.24, 2.45) is 10.7 Å². The molecular formula is C31H50N4O2Y2-2. The van der Waals surface area contributed by atoms with Crippen LogP contribution in [-0.2, 0) is 83.1 Å². The topological polar surface area (TPSA) is 96.6 Å². The predicted octanol–water partition coefficient (Wildman–Crippen LogP) is 7.15. The van der Waals surface area contributed by atoms with E-state index in [9.17, 15) is 9.59 Å². The maximum absolute atomic E-state index is 11.2. The fourth-order valence-electron chi connectivity index (χ4n) is 3.11. The Labute approximate surface area is 289 Å². The van der Waals surface area contributed by atoms with Gasteiger partial charge in [0, 0.05) is 72.0 Å². The van der Waals surface area contributed by atoms with E-state index in [1.165, 1.54) is 24.0 Å². The second-order valence-corrected chi connectivity index (χ2v) is 8.22. The number of aliphatic imine (C=N–C) groups is 1. The molecular weight excluding hydrogens is 638 g/mol. The number of nitrogens with one attached hydrogen (secondary N) is 2. The van der Waals surface area contributed by atoms with Crippen LogP contribution in [0, 0.1) is 13.1 Å². The van der Waals surface area contributed by atoms with Crippen LogP contribution < -0.4 is 16.4 Å². The molecule has 2 amide bonds. The molecule has 6 nitrogen and oxygen atoms in total. The van der Waals surface area contributed by atoms with Crippen LogP contribution in [0.1, 0.15) is 83.8 Å². The Morgan fingerprint density at radius 1 is 0.821 bits per heavy atom. The molecule has 0 heterocycles. The SMILES string of the molecule is C.CC[CH-]N.CC[CH-]NC(=O)NCCCCCc1ccccc1.O=C=NCCCCCc1ccccc1.[Y].[Y]. The minimum Gasteiger partial charge on any atom is -0.487 e. The van der Waals surface area contributed by atoms with Gasteiger partial charge in [0.05, 0.1) is 6.54 Å². The van der Waals surface area contributed by atoms with Gasteiger partial charge in [0.15, 0.2) is 0 Å². The average molecular weight is 689 g/mol. The van der Waals surface area contributed by atoms with E-state index in [1.54, 1.807) is 19.2 Å². The number of hydrogen-bond acceptors (Lipinski definition) is 4. The largest absolute Gasteiger partial charge is 0.487 e. The molecule has 0 saturated heterocycles. The second-order valence-electron chi connectivity index (χ2n) is 8.22. The molecule has 8 heteroatoms. The number of carbonyl (C=O) groups excluding carboxylic acids is 2. The summed E-state index contributed by atoms with van der Waals surface area (Å²) in [5, 5.41) is 5.51. The van der Waals surface area contributed by atoms with Crippen molar-refractivity contribution >= 4 is 12.1 Å². The van der Waals surface area contributed by atoms with Crippen LogP contribution in [0.2, 0.25) is 0 Å². The molecule has 0 aromatic heterocycles. The first-order chi connectivity index (χ1) is 17.7. The van der Waals surface area contributed by atoms with E-state index >= 15 is 0 Å². The summed E-state index contributed by atoms with van der Waals surface area (Å²) in [7, 11) is 0. The van der Waals surface area contributed by atoms with Crippen LogP contribution in [0.5, 0.6) is 0 Å². The van der Waals surface area contributed by atoms with Crippen LogP contribution in [0.15, 0.2) is 65.7 Å². The number of hydrogen-bond donors (Lipinski definition) is 3. The molecule has 39 heavy (non-hydrogen) atoms. The Hall–Kier alpha value is -0.742. The number of benzene rings is 2. The molecule has 2 aromatic rings. The fourth-order valence-corrected chi connectivity index (χ4v) is 3.11. The van der Waals surface area contributed by atoms with E-state index < -0.39 is 0 Å². The molecule has 2 aromatic carbocycles. The summed E-state index contributed by atoms with van der Waals surface area (Å²) in [6.45, 7) is 8.74. The minimum atomic E-state index is -0.0973. The average Bonchev–Trinajstić information content (AvgIpc) is 2.93. The van der Waals surface area contributed by atoms with Crippen molar-refractivity contribution in [3.05, 3.63) is 84.9 Å². The van der Waals surface area contributed by atoms with Gasteiger partial charge in [-0.25, -0.2) is 16.3 Å². The number of unbranched alkanes of at least 4 members (excludes halogenated alkanes) is 4. The molecule has 2 radical (unpaired) electrons. The predicted molar refractivity (Wildman–Crippen MR) is 158 cm³/mol. The standard InChI is InChI=1S/C15H23N2O.C12H15NO.C3H8N.CH4.2Y/c1-2-12-16-15(18)17-13-8-4-7-11-14-9-5-3-6-10-14;14-11-13-10-6-2-5-9-12-7-3-1-4-8-12;1-2-3-4;;;/h3,5-6,9-10,12H,2,4,7-8,11,13H2,1H3,(H2,16,17,18);1,3-4,7-8H,2,5-6,9-10H2;3H,2,4H2,1H3;1H4;;/q-1;;-1;;;. The van der Waals surface area contributed by atoms with Gasteiger partial charge < -0.3 is 16.4 Å². The molecule has 214 valence electrons. The monoisotopic (exact) mass is 688 g/mol. The van der Waals surface area contributed by atoms with Gasteiger partial charge in [-0.1, -0.05) is 94.8 Å². The summed E-state index contributed by atoms with van der Waals surface area (Å²) in [5.41, 5.74) is 7.67. The summed E-state index contributed by atoms with van der Waals surface area (Å²) in [6.07, 6.45) is 12.2. The van der Waals surface area contributed by atoms with Crippen LogP contribution in [0.4, 0.5) is 4.79 Å². The summed E-state index contributed by atoms with van der Waals surface area (Å²) >= 11 is 0. The number of nitrogens with zero attached hydrogens (tertiary/aromatic N) is 1. The molecule has 0 unspecified atom stereocenters. The van der Waals surface area contributed by atoms with Gasteiger partial charge >= 0.3 is 0 Å². The van der Waals surface area contributed by atoms with E-state index in [2.05, 4.69) is 64.2 Å². The first kappa shape index (κ1) is 45.3. The fraction of sp³-hybridized carbons (Fsp3) is 0.484. The van der Waals surface area contributed by atoms with Gasteiger partial charge in [0.25, 0.3) is 6.03 Å². The quantitative estimate of drug-likeness (QED) is 0.0803. The van der Waals surface area contributed by atoms with Crippen molar-refractivity contribution in [3.63, 3.8) is 0 Å². The third kappa shape index (κ3) is 33.4. The number of amides is 2. The number of urea groups is 1. The maximum atomic E-state index is 11.2. The van der Waals surface area contributed by atoms with E-state index in [-0.39, 0.29) is 78.9 Å². The van der Waals surface area contributed by atoms with Gasteiger partial charge in [-0.15, -0.1) is 0 Å². The molecule has 4 N–H and O–H groups in total. The zero-order valence-electron chi connectivity index (χ0n) is 23.4. The Bertz CT molecular complexity index is 788. The Morgan fingerprint density at radius 2 is 1.31 bits per heavy atom. The van der Waals surface area contributed by atoms with E-state index in [1.807, 2.05) is 26.0 Å². The van der Waals surface area contributed by atoms with Gasteiger partial charge in [0.2, 0.25) is 6.08 Å². The minimum absolute atomic E-state index is 0. The van der Waals surface area contributed by atoms with Crippen molar-refractivity contribution in [1.82, 2.24) is 10.6 Å². The summed E-state index contributed by atoms with van der Waals surface area (Å²) in [6, 6.07) is 20.8. The van der Waals surface area contributed by atoms with Crippen LogP contribution in [-0.4, -0.2) is 25.2 Å². The maximum Gasteiger partial charge on any atom is 0.285 e. The smallest absolute Gasteiger partial charge is 0.285 e. The van der Waals surface area contributed by atoms with Gasteiger partial charge in [-0.2, -0.15) is 12.8 Å². The molecule has 2 rings (SSSR count). The van der Waals surface area contributed by atoms with Crippen molar-refractivity contribution < 1.29 is 75.0 Å². The van der Waals surface area contributed by atoms with E-state index in [0.29, 0.717) is 6.54 Å². The molecule has 0 aliphatic rings. The van der Waals surface area contributed by atoms with Crippen molar-refractivity contribution in [2.75, 3.05) is 13.1 Å². The second kappa shape index (κ2) is 37.3. The normalized spacial score (nSPS) is 8.79.